The second-order valence-corrected chi connectivity index (χ2v) is 4.22. The molecule has 1 aromatic heterocycles. The van der Waals surface area contributed by atoms with E-state index in [0.29, 0.717) is 5.70 Å². The zero-order valence-corrected chi connectivity index (χ0v) is 9.09. The Balaban J connectivity index is 2.17. The molecular formula is C11H10BF2N2. The molecule has 2 aliphatic rings. The van der Waals surface area contributed by atoms with Crippen molar-refractivity contribution < 1.29 is 8.78 Å². The first-order valence-corrected chi connectivity index (χ1v) is 5.14. The van der Waals surface area contributed by atoms with Gasteiger partial charge in [-0.25, -0.2) is 8.78 Å². The number of nitrogens with zero attached hydrogens (tertiary/aromatic N) is 2. The van der Waals surface area contributed by atoms with Crippen LogP contribution in [-0.2, 0) is 0 Å². The van der Waals surface area contributed by atoms with E-state index >= 15 is 0 Å². The van der Waals surface area contributed by atoms with Gasteiger partial charge in [-0.2, -0.15) is 0 Å². The van der Waals surface area contributed by atoms with Crippen LogP contribution in [0.15, 0.2) is 23.4 Å². The molecule has 0 saturated carbocycles. The molecule has 0 bridgehead atoms. The highest BCUT2D eigenvalue weighted by molar-refractivity contribution is 6.33. The Labute approximate surface area is 93.1 Å². The summed E-state index contributed by atoms with van der Waals surface area (Å²) in [5, 5.41) is 0. The highest BCUT2D eigenvalue weighted by Gasteiger charge is 2.32. The Morgan fingerprint density at radius 2 is 2.06 bits per heavy atom. The van der Waals surface area contributed by atoms with Crippen LogP contribution in [0.4, 0.5) is 8.78 Å². The Bertz CT molecular complexity index is 542. The smallest absolute Gasteiger partial charge is 0.390 e. The van der Waals surface area contributed by atoms with Crippen LogP contribution in [-0.4, -0.2) is 23.4 Å². The Morgan fingerprint density at radius 1 is 1.31 bits per heavy atom. The van der Waals surface area contributed by atoms with Crippen LogP contribution in [0.5, 0.6) is 0 Å². The fraction of sp³-hybridized carbons (Fsp3) is 0.273. The quantitative estimate of drug-likeness (QED) is 0.608. The van der Waals surface area contributed by atoms with Crippen LogP contribution in [0.25, 0.3) is 6.08 Å². The molecular weight excluding hydrogens is 209 g/mol. The van der Waals surface area contributed by atoms with Crippen molar-refractivity contribution in [3.8, 4) is 0 Å². The second-order valence-electron chi connectivity index (χ2n) is 4.22. The van der Waals surface area contributed by atoms with Crippen molar-refractivity contribution in [1.82, 2.24) is 9.29 Å². The molecule has 0 unspecified atom stereocenters. The van der Waals surface area contributed by atoms with Gasteiger partial charge in [-0.05, 0) is 31.6 Å². The zero-order chi connectivity index (χ0) is 11.4. The van der Waals surface area contributed by atoms with Gasteiger partial charge in [-0.1, -0.05) is 0 Å². The maximum atomic E-state index is 13.5. The number of rotatable bonds is 0. The van der Waals surface area contributed by atoms with Crippen molar-refractivity contribution in [1.29, 1.82) is 0 Å². The van der Waals surface area contributed by atoms with Gasteiger partial charge in [-0.3, -0.25) is 0 Å². The molecule has 0 aliphatic carbocycles. The SMILES string of the molecule is Cc1cc(C)n2c1C=C1C(F)=C(F)CN1[B]2. The maximum Gasteiger partial charge on any atom is 0.396 e. The summed E-state index contributed by atoms with van der Waals surface area (Å²) in [7, 11) is 1.75. The van der Waals surface area contributed by atoms with E-state index in [1.807, 2.05) is 24.4 Å². The molecule has 2 nitrogen and oxygen atoms in total. The van der Waals surface area contributed by atoms with Gasteiger partial charge in [0.15, 0.2) is 11.7 Å². The van der Waals surface area contributed by atoms with E-state index in [4.69, 9.17) is 0 Å². The van der Waals surface area contributed by atoms with E-state index in [1.54, 1.807) is 18.4 Å². The molecule has 0 spiro atoms. The molecule has 16 heavy (non-hydrogen) atoms. The predicted octanol–water partition coefficient (Wildman–Crippen LogP) is 2.31. The molecule has 1 aromatic rings. The predicted molar refractivity (Wildman–Crippen MR) is 59.0 cm³/mol. The average molecular weight is 219 g/mol. The largest absolute Gasteiger partial charge is 0.396 e. The first kappa shape index (κ1) is 9.69. The topological polar surface area (TPSA) is 8.17 Å². The number of aryl methyl sites for hydroxylation is 2. The monoisotopic (exact) mass is 219 g/mol. The zero-order valence-electron chi connectivity index (χ0n) is 9.09. The number of fused-ring (bicyclic) bond motifs is 2. The Morgan fingerprint density at radius 3 is 2.81 bits per heavy atom. The highest BCUT2D eigenvalue weighted by Crippen LogP contribution is 2.34. The first-order valence-electron chi connectivity index (χ1n) is 5.14. The van der Waals surface area contributed by atoms with Crippen molar-refractivity contribution >= 4 is 13.6 Å². The third-order valence-corrected chi connectivity index (χ3v) is 3.08. The van der Waals surface area contributed by atoms with Crippen LogP contribution in [0.3, 0.4) is 0 Å². The summed E-state index contributed by atoms with van der Waals surface area (Å²) in [6.45, 7) is 3.93. The number of aromatic nitrogens is 1. The number of hydrogen-bond donors (Lipinski definition) is 0. The van der Waals surface area contributed by atoms with Crippen molar-refractivity contribution in [2.24, 2.45) is 0 Å². The van der Waals surface area contributed by atoms with Gasteiger partial charge < -0.3 is 9.29 Å². The van der Waals surface area contributed by atoms with Gasteiger partial charge in [0.1, 0.15) is 0 Å². The third kappa shape index (κ3) is 1.11. The minimum absolute atomic E-state index is 0.00618. The summed E-state index contributed by atoms with van der Waals surface area (Å²) in [6, 6.07) is 2.03. The van der Waals surface area contributed by atoms with Crippen molar-refractivity contribution in [3.05, 3.63) is 40.4 Å². The van der Waals surface area contributed by atoms with Crippen LogP contribution in [0.1, 0.15) is 17.0 Å². The van der Waals surface area contributed by atoms with E-state index < -0.39 is 11.7 Å². The standard InChI is InChI=1S/C11H10BF2N2/c1-6-3-7(2)16-9(6)4-10-11(14)8(13)5-15(10)12-16/h3-4H,5H2,1-2H3. The molecule has 3 rings (SSSR count). The molecule has 2 aliphatic heterocycles. The van der Waals surface area contributed by atoms with Crippen LogP contribution in [0.2, 0.25) is 0 Å². The summed E-state index contributed by atoms with van der Waals surface area (Å²) in [4.78, 5) is 1.59. The van der Waals surface area contributed by atoms with E-state index in [1.165, 1.54) is 0 Å². The van der Waals surface area contributed by atoms with Crippen molar-refractivity contribution in [3.63, 3.8) is 0 Å². The number of halogens is 2. The lowest BCUT2D eigenvalue weighted by Crippen LogP contribution is -2.34. The maximum absolute atomic E-state index is 13.5. The van der Waals surface area contributed by atoms with E-state index in [9.17, 15) is 8.78 Å². The molecule has 5 heteroatoms. The first-order chi connectivity index (χ1) is 7.58. The van der Waals surface area contributed by atoms with Gasteiger partial charge in [0, 0.05) is 11.4 Å². The molecule has 3 heterocycles. The summed E-state index contributed by atoms with van der Waals surface area (Å²) >= 11 is 0. The lowest BCUT2D eigenvalue weighted by Gasteiger charge is -2.25. The van der Waals surface area contributed by atoms with Gasteiger partial charge in [-0.15, -0.1) is 0 Å². The minimum atomic E-state index is -0.735. The van der Waals surface area contributed by atoms with Crippen molar-refractivity contribution in [2.75, 3.05) is 6.54 Å². The fourth-order valence-electron chi connectivity index (χ4n) is 2.26. The van der Waals surface area contributed by atoms with Crippen LogP contribution >= 0.6 is 0 Å². The lowest BCUT2D eigenvalue weighted by molar-refractivity contribution is 0.533. The van der Waals surface area contributed by atoms with Gasteiger partial charge >= 0.3 is 7.55 Å². The number of allylic oxidation sites excluding steroid dienone is 1. The third-order valence-electron chi connectivity index (χ3n) is 3.08. The Kier molecular flexibility index (Phi) is 1.82. The molecule has 0 saturated heterocycles. The number of hydrogen-bond acceptors (Lipinski definition) is 1. The molecule has 0 N–H and O–H groups in total. The molecule has 0 fully saturated rings. The summed E-state index contributed by atoms with van der Waals surface area (Å²) < 4.78 is 28.5. The second kappa shape index (κ2) is 3.00. The Hall–Kier alpha value is -1.52. The normalized spacial score (nSPS) is 18.2. The summed E-state index contributed by atoms with van der Waals surface area (Å²) in [6.07, 6.45) is 1.70. The van der Waals surface area contributed by atoms with Gasteiger partial charge in [0.2, 0.25) is 0 Å². The fourth-order valence-corrected chi connectivity index (χ4v) is 2.26. The molecule has 0 amide bonds. The average Bonchev–Trinajstić information content (AvgIpc) is 2.67. The van der Waals surface area contributed by atoms with E-state index in [2.05, 4.69) is 0 Å². The summed E-state index contributed by atoms with van der Waals surface area (Å²) in [5.41, 5.74) is 3.39. The highest BCUT2D eigenvalue weighted by atomic mass is 19.2. The van der Waals surface area contributed by atoms with Gasteiger partial charge in [0.05, 0.1) is 12.2 Å². The summed E-state index contributed by atoms with van der Waals surface area (Å²) in [5.74, 6) is -1.43. The molecule has 1 radical (unpaired) electrons. The van der Waals surface area contributed by atoms with E-state index in [-0.39, 0.29) is 6.54 Å². The van der Waals surface area contributed by atoms with E-state index in [0.717, 1.165) is 17.0 Å². The lowest BCUT2D eigenvalue weighted by atomic mass is 10.0. The van der Waals surface area contributed by atoms with Crippen LogP contribution in [0, 0.1) is 13.8 Å². The van der Waals surface area contributed by atoms with Crippen molar-refractivity contribution in [2.45, 2.75) is 13.8 Å². The minimum Gasteiger partial charge on any atom is -0.390 e. The molecule has 81 valence electrons. The van der Waals surface area contributed by atoms with Crippen LogP contribution < -0.4 is 0 Å². The van der Waals surface area contributed by atoms with Gasteiger partial charge in [0.25, 0.3) is 0 Å². The molecule has 0 aromatic carbocycles. The molecule has 0 atom stereocenters.